The standard InChI is InChI=1S/C15H12BrN3O2/c1-8-6-12(13-9(2)19-21-15(13)17-8)14(20)18-11-5-3-4-10(16)7-11/h3-7H,1-2H3,(H,18,20). The average Bonchev–Trinajstić information content (AvgIpc) is 2.79. The summed E-state index contributed by atoms with van der Waals surface area (Å²) in [5.41, 5.74) is 2.96. The maximum atomic E-state index is 12.5. The number of hydrogen-bond donors (Lipinski definition) is 1. The van der Waals surface area contributed by atoms with Crippen LogP contribution in [0.2, 0.25) is 0 Å². The van der Waals surface area contributed by atoms with Crippen molar-refractivity contribution in [1.29, 1.82) is 0 Å². The molecular formula is C15H12BrN3O2. The van der Waals surface area contributed by atoms with Gasteiger partial charge in [0.05, 0.1) is 16.6 Å². The van der Waals surface area contributed by atoms with E-state index < -0.39 is 0 Å². The summed E-state index contributed by atoms with van der Waals surface area (Å²) in [6.07, 6.45) is 0. The molecule has 0 aliphatic carbocycles. The van der Waals surface area contributed by atoms with E-state index in [-0.39, 0.29) is 5.91 Å². The van der Waals surface area contributed by atoms with Crippen LogP contribution in [0.1, 0.15) is 21.7 Å². The minimum Gasteiger partial charge on any atom is -0.336 e. The minimum absolute atomic E-state index is 0.213. The van der Waals surface area contributed by atoms with Crippen LogP contribution in [0.5, 0.6) is 0 Å². The molecule has 0 radical (unpaired) electrons. The predicted molar refractivity (Wildman–Crippen MR) is 83.4 cm³/mol. The Hall–Kier alpha value is -2.21. The minimum atomic E-state index is -0.213. The number of fused-ring (bicyclic) bond motifs is 1. The number of amides is 1. The number of anilines is 1. The van der Waals surface area contributed by atoms with Crippen LogP contribution in [0.15, 0.2) is 39.3 Å². The van der Waals surface area contributed by atoms with Crippen molar-refractivity contribution < 1.29 is 9.32 Å². The number of halogens is 1. The van der Waals surface area contributed by atoms with E-state index in [1.165, 1.54) is 0 Å². The van der Waals surface area contributed by atoms with Gasteiger partial charge in [0.2, 0.25) is 0 Å². The molecule has 0 aliphatic rings. The first-order chi connectivity index (χ1) is 10.0. The molecule has 5 nitrogen and oxygen atoms in total. The van der Waals surface area contributed by atoms with Crippen LogP contribution in [-0.4, -0.2) is 16.0 Å². The van der Waals surface area contributed by atoms with Crippen LogP contribution in [0.3, 0.4) is 0 Å². The molecule has 6 heteroatoms. The maximum absolute atomic E-state index is 12.5. The van der Waals surface area contributed by atoms with Gasteiger partial charge in [0.15, 0.2) is 0 Å². The summed E-state index contributed by atoms with van der Waals surface area (Å²) in [4.78, 5) is 16.8. The van der Waals surface area contributed by atoms with Gasteiger partial charge in [-0.1, -0.05) is 27.2 Å². The summed E-state index contributed by atoms with van der Waals surface area (Å²) in [5, 5.41) is 7.39. The van der Waals surface area contributed by atoms with Crippen LogP contribution in [0.25, 0.3) is 11.1 Å². The normalized spacial score (nSPS) is 10.8. The van der Waals surface area contributed by atoms with Gasteiger partial charge in [-0.3, -0.25) is 4.79 Å². The zero-order valence-corrected chi connectivity index (χ0v) is 13.1. The van der Waals surface area contributed by atoms with Gasteiger partial charge in [0.25, 0.3) is 11.6 Å². The van der Waals surface area contributed by atoms with Crippen molar-refractivity contribution in [3.8, 4) is 0 Å². The van der Waals surface area contributed by atoms with E-state index in [4.69, 9.17) is 4.52 Å². The number of pyridine rings is 1. The van der Waals surface area contributed by atoms with Crippen molar-refractivity contribution in [2.24, 2.45) is 0 Å². The Kier molecular flexibility index (Phi) is 3.47. The fourth-order valence-electron chi connectivity index (χ4n) is 2.16. The number of aromatic nitrogens is 2. The molecule has 106 valence electrons. The molecule has 0 spiro atoms. The number of nitrogens with one attached hydrogen (secondary N) is 1. The van der Waals surface area contributed by atoms with E-state index >= 15 is 0 Å². The van der Waals surface area contributed by atoms with Gasteiger partial charge in [-0.15, -0.1) is 0 Å². The molecule has 21 heavy (non-hydrogen) atoms. The molecule has 0 saturated carbocycles. The Morgan fingerprint density at radius 3 is 2.86 bits per heavy atom. The third-order valence-corrected chi connectivity index (χ3v) is 3.57. The monoisotopic (exact) mass is 345 g/mol. The number of aryl methyl sites for hydroxylation is 2. The number of carbonyl (C=O) groups is 1. The van der Waals surface area contributed by atoms with E-state index in [2.05, 4.69) is 31.4 Å². The second kappa shape index (κ2) is 5.29. The van der Waals surface area contributed by atoms with Crippen LogP contribution < -0.4 is 5.32 Å². The molecule has 3 aromatic rings. The van der Waals surface area contributed by atoms with Gasteiger partial charge in [0, 0.05) is 15.9 Å². The second-order valence-corrected chi connectivity index (χ2v) is 5.64. The summed E-state index contributed by atoms with van der Waals surface area (Å²) < 4.78 is 6.04. The lowest BCUT2D eigenvalue weighted by molar-refractivity contribution is 0.102. The van der Waals surface area contributed by atoms with E-state index in [0.29, 0.717) is 33.7 Å². The molecule has 3 rings (SSSR count). The number of carbonyl (C=O) groups excluding carboxylic acids is 1. The third-order valence-electron chi connectivity index (χ3n) is 3.07. The molecule has 0 unspecified atom stereocenters. The molecule has 0 bridgehead atoms. The molecule has 2 aromatic heterocycles. The van der Waals surface area contributed by atoms with E-state index in [1.807, 2.05) is 31.2 Å². The molecule has 1 N–H and O–H groups in total. The Bertz CT molecular complexity index is 842. The van der Waals surface area contributed by atoms with E-state index in [0.717, 1.165) is 4.47 Å². The van der Waals surface area contributed by atoms with Crippen molar-refractivity contribution in [3.63, 3.8) is 0 Å². The second-order valence-electron chi connectivity index (χ2n) is 4.72. The smallest absolute Gasteiger partial charge is 0.258 e. The molecule has 1 amide bonds. The van der Waals surface area contributed by atoms with Crippen LogP contribution in [0.4, 0.5) is 5.69 Å². The highest BCUT2D eigenvalue weighted by atomic mass is 79.9. The largest absolute Gasteiger partial charge is 0.336 e. The summed E-state index contributed by atoms with van der Waals surface area (Å²) >= 11 is 3.38. The predicted octanol–water partition coefficient (Wildman–Crippen LogP) is 3.85. The highest BCUT2D eigenvalue weighted by molar-refractivity contribution is 9.10. The lowest BCUT2D eigenvalue weighted by atomic mass is 10.1. The number of hydrogen-bond acceptors (Lipinski definition) is 4. The van der Waals surface area contributed by atoms with Gasteiger partial charge < -0.3 is 9.84 Å². The zero-order valence-electron chi connectivity index (χ0n) is 11.5. The summed E-state index contributed by atoms with van der Waals surface area (Å²) in [6, 6.07) is 9.16. The highest BCUT2D eigenvalue weighted by Gasteiger charge is 2.17. The highest BCUT2D eigenvalue weighted by Crippen LogP contribution is 2.23. The van der Waals surface area contributed by atoms with Crippen molar-refractivity contribution in [1.82, 2.24) is 10.1 Å². The average molecular weight is 346 g/mol. The molecule has 2 heterocycles. The fourth-order valence-corrected chi connectivity index (χ4v) is 2.56. The maximum Gasteiger partial charge on any atom is 0.258 e. The van der Waals surface area contributed by atoms with Gasteiger partial charge >= 0.3 is 0 Å². The van der Waals surface area contributed by atoms with Crippen molar-refractivity contribution >= 4 is 38.6 Å². The Morgan fingerprint density at radius 2 is 2.10 bits per heavy atom. The molecule has 0 atom stereocenters. The first-order valence-electron chi connectivity index (χ1n) is 6.35. The summed E-state index contributed by atoms with van der Waals surface area (Å²) in [6.45, 7) is 3.60. The van der Waals surface area contributed by atoms with E-state index in [1.54, 1.807) is 13.0 Å². The van der Waals surface area contributed by atoms with Gasteiger partial charge in [-0.25, -0.2) is 4.98 Å². The van der Waals surface area contributed by atoms with Gasteiger partial charge in [0.1, 0.15) is 0 Å². The quantitative estimate of drug-likeness (QED) is 0.765. The molecule has 1 aromatic carbocycles. The SMILES string of the molecule is Cc1cc(C(=O)Nc2cccc(Br)c2)c2c(C)noc2n1. The topological polar surface area (TPSA) is 68.0 Å². The van der Waals surface area contributed by atoms with Gasteiger partial charge in [-0.2, -0.15) is 0 Å². The third kappa shape index (κ3) is 2.67. The molecule has 0 saturated heterocycles. The van der Waals surface area contributed by atoms with Crippen molar-refractivity contribution in [3.05, 3.63) is 51.8 Å². The van der Waals surface area contributed by atoms with Gasteiger partial charge in [-0.05, 0) is 38.1 Å². The van der Waals surface area contributed by atoms with Crippen LogP contribution in [0, 0.1) is 13.8 Å². The first-order valence-corrected chi connectivity index (χ1v) is 7.14. The van der Waals surface area contributed by atoms with Crippen LogP contribution in [-0.2, 0) is 0 Å². The van der Waals surface area contributed by atoms with Crippen LogP contribution >= 0.6 is 15.9 Å². The molecular weight excluding hydrogens is 334 g/mol. The zero-order chi connectivity index (χ0) is 15.0. The Balaban J connectivity index is 2.03. The van der Waals surface area contributed by atoms with Crippen molar-refractivity contribution in [2.45, 2.75) is 13.8 Å². The molecule has 0 fully saturated rings. The summed E-state index contributed by atoms with van der Waals surface area (Å²) in [7, 11) is 0. The van der Waals surface area contributed by atoms with Crippen molar-refractivity contribution in [2.75, 3.05) is 5.32 Å². The Morgan fingerprint density at radius 1 is 1.29 bits per heavy atom. The first kappa shape index (κ1) is 13.8. The lowest BCUT2D eigenvalue weighted by Crippen LogP contribution is -2.13. The number of nitrogens with zero attached hydrogens (tertiary/aromatic N) is 2. The number of rotatable bonds is 2. The molecule has 0 aliphatic heterocycles. The Labute approximate surface area is 129 Å². The fraction of sp³-hybridized carbons (Fsp3) is 0.133. The number of benzene rings is 1. The van der Waals surface area contributed by atoms with E-state index in [9.17, 15) is 4.79 Å². The summed E-state index contributed by atoms with van der Waals surface area (Å²) in [5.74, 6) is -0.213. The lowest BCUT2D eigenvalue weighted by Gasteiger charge is -2.07.